The number of carbonyl (C=O) groups is 2. The van der Waals surface area contributed by atoms with Crippen LogP contribution in [0.2, 0.25) is 0 Å². The second kappa shape index (κ2) is 4.93. The van der Waals surface area contributed by atoms with Gasteiger partial charge in [0.2, 0.25) is 0 Å². The molecule has 4 rings (SSSR count). The van der Waals surface area contributed by atoms with Crippen molar-refractivity contribution in [1.29, 1.82) is 0 Å². The lowest BCUT2D eigenvalue weighted by molar-refractivity contribution is -0.132. The highest BCUT2D eigenvalue weighted by molar-refractivity contribution is 6.18. The molecule has 3 saturated carbocycles. The van der Waals surface area contributed by atoms with Crippen LogP contribution in [0, 0.1) is 28.6 Å². The van der Waals surface area contributed by atoms with Crippen molar-refractivity contribution in [3.63, 3.8) is 0 Å². The fourth-order valence-corrected chi connectivity index (χ4v) is 6.89. The molecule has 0 N–H and O–H groups in total. The lowest BCUT2D eigenvalue weighted by atomic mass is 9.47. The van der Waals surface area contributed by atoms with Gasteiger partial charge in [-0.1, -0.05) is 12.5 Å². The van der Waals surface area contributed by atoms with Gasteiger partial charge in [0.05, 0.1) is 0 Å². The van der Waals surface area contributed by atoms with Gasteiger partial charge in [-0.15, -0.1) is 11.6 Å². The van der Waals surface area contributed by atoms with E-state index in [9.17, 15) is 9.59 Å². The van der Waals surface area contributed by atoms with Crippen molar-refractivity contribution in [3.05, 3.63) is 11.6 Å². The molecule has 3 heteroatoms. The van der Waals surface area contributed by atoms with Crippen LogP contribution in [0.4, 0.5) is 0 Å². The number of carbonyl (C=O) groups excluding carboxylic acids is 2. The monoisotopic (exact) mass is 320 g/mol. The maximum Gasteiger partial charge on any atom is 0.155 e. The zero-order chi connectivity index (χ0) is 15.5. The van der Waals surface area contributed by atoms with Gasteiger partial charge in [-0.2, -0.15) is 0 Å². The summed E-state index contributed by atoms with van der Waals surface area (Å²) >= 11 is 6.50. The van der Waals surface area contributed by atoms with E-state index in [2.05, 4.69) is 6.92 Å². The van der Waals surface area contributed by atoms with Gasteiger partial charge in [0.25, 0.3) is 0 Å². The molecule has 0 unspecified atom stereocenters. The van der Waals surface area contributed by atoms with E-state index in [0.717, 1.165) is 44.9 Å². The summed E-state index contributed by atoms with van der Waals surface area (Å²) in [6.07, 6.45) is 9.65. The van der Waals surface area contributed by atoms with E-state index in [0.29, 0.717) is 35.8 Å². The molecule has 5 atom stereocenters. The van der Waals surface area contributed by atoms with Crippen molar-refractivity contribution in [2.24, 2.45) is 28.6 Å². The third-order valence-electron chi connectivity index (χ3n) is 7.63. The number of fused-ring (bicyclic) bond motifs is 5. The van der Waals surface area contributed by atoms with Crippen LogP contribution in [-0.2, 0) is 9.59 Å². The summed E-state index contributed by atoms with van der Waals surface area (Å²) < 4.78 is 0. The number of allylic oxidation sites excluding steroid dienone is 1. The Balaban J connectivity index is 1.73. The highest BCUT2D eigenvalue weighted by Crippen LogP contribution is 2.64. The highest BCUT2D eigenvalue weighted by atomic mass is 35.5. The van der Waals surface area contributed by atoms with E-state index < -0.39 is 0 Å². The van der Waals surface area contributed by atoms with Crippen LogP contribution in [0.3, 0.4) is 0 Å². The number of Topliss-reactive ketones (excluding diaryl/α,β-unsaturated/α-hetero) is 1. The zero-order valence-electron chi connectivity index (χ0n) is 13.4. The number of rotatable bonds is 1. The molecule has 0 amide bonds. The average molecular weight is 321 g/mol. The summed E-state index contributed by atoms with van der Waals surface area (Å²) in [4.78, 5) is 24.2. The van der Waals surface area contributed by atoms with E-state index >= 15 is 0 Å². The Hall–Kier alpha value is -0.630. The smallest absolute Gasteiger partial charge is 0.155 e. The maximum absolute atomic E-state index is 12.4. The summed E-state index contributed by atoms with van der Waals surface area (Å²) in [5.41, 5.74) is 1.30. The Morgan fingerprint density at radius 2 is 1.91 bits per heavy atom. The molecule has 4 aliphatic carbocycles. The summed E-state index contributed by atoms with van der Waals surface area (Å²) in [6.45, 7) is 2.21. The summed E-state index contributed by atoms with van der Waals surface area (Å²) in [5.74, 6) is 3.20. The molecule has 0 saturated heterocycles. The van der Waals surface area contributed by atoms with E-state index in [4.69, 9.17) is 11.6 Å². The van der Waals surface area contributed by atoms with E-state index in [1.165, 1.54) is 5.57 Å². The van der Waals surface area contributed by atoms with Gasteiger partial charge in [-0.05, 0) is 62.4 Å². The fourth-order valence-electron chi connectivity index (χ4n) is 6.38. The van der Waals surface area contributed by atoms with Crippen molar-refractivity contribution in [1.82, 2.24) is 0 Å². The minimum absolute atomic E-state index is 0.0470. The Kier molecular flexibility index (Phi) is 3.35. The van der Waals surface area contributed by atoms with Gasteiger partial charge in [0.1, 0.15) is 5.78 Å². The van der Waals surface area contributed by atoms with E-state index in [1.54, 1.807) is 0 Å². The summed E-state index contributed by atoms with van der Waals surface area (Å²) in [6, 6.07) is 0. The van der Waals surface area contributed by atoms with Crippen LogP contribution in [-0.4, -0.2) is 17.4 Å². The molecule has 0 aromatic heterocycles. The molecule has 22 heavy (non-hydrogen) atoms. The molecule has 0 radical (unpaired) electrons. The van der Waals surface area contributed by atoms with E-state index in [-0.39, 0.29) is 16.6 Å². The molecule has 0 bridgehead atoms. The summed E-state index contributed by atoms with van der Waals surface area (Å²) in [7, 11) is 0. The molecular weight excluding hydrogens is 296 g/mol. The van der Waals surface area contributed by atoms with Crippen molar-refractivity contribution < 1.29 is 9.59 Å². The predicted octanol–water partition coefficient (Wildman–Crippen LogP) is 4.31. The second-order valence-electron chi connectivity index (χ2n) is 8.26. The first-order valence-electron chi connectivity index (χ1n) is 8.84. The molecule has 0 spiro atoms. The molecule has 4 aliphatic rings. The first-order chi connectivity index (χ1) is 10.5. The first-order valence-corrected chi connectivity index (χ1v) is 9.38. The molecule has 0 aromatic rings. The standard InChI is InChI=1S/C19H25ClO2/c1-18-8-7-16-14(15(18)4-5-17(18)22)3-2-12-10-13(21)6-9-19(12,16)11-20/h10,14-16H,2-9,11H2,1H3/t14-,15-,16-,18-,19+/m0/s1. The Labute approximate surface area is 137 Å². The first kappa shape index (κ1) is 14.9. The SMILES string of the molecule is C[C@]12CC[C@H]3[C@@H](CCC4=CC(=O)CC[C@@]43CCl)[C@@H]1CCC2=O. The Bertz CT molecular complexity index is 566. The normalized spacial score (nSPS) is 47.5. The Morgan fingerprint density at radius 3 is 2.68 bits per heavy atom. The third-order valence-corrected chi connectivity index (χ3v) is 8.11. The van der Waals surface area contributed by atoms with Crippen LogP contribution in [0.1, 0.15) is 58.3 Å². The van der Waals surface area contributed by atoms with E-state index in [1.807, 2.05) is 6.08 Å². The zero-order valence-corrected chi connectivity index (χ0v) is 14.1. The topological polar surface area (TPSA) is 34.1 Å². The van der Waals surface area contributed by atoms with Crippen LogP contribution in [0.15, 0.2) is 11.6 Å². The Morgan fingerprint density at radius 1 is 1.09 bits per heavy atom. The minimum Gasteiger partial charge on any atom is -0.299 e. The highest BCUT2D eigenvalue weighted by Gasteiger charge is 2.59. The van der Waals surface area contributed by atoms with Crippen molar-refractivity contribution in [2.75, 3.05) is 5.88 Å². The average Bonchev–Trinajstić information content (AvgIpc) is 2.82. The van der Waals surface area contributed by atoms with Crippen LogP contribution < -0.4 is 0 Å². The van der Waals surface area contributed by atoms with Gasteiger partial charge in [0.15, 0.2) is 5.78 Å². The predicted molar refractivity (Wildman–Crippen MR) is 86.8 cm³/mol. The number of ketones is 2. The van der Waals surface area contributed by atoms with Gasteiger partial charge in [-0.25, -0.2) is 0 Å². The van der Waals surface area contributed by atoms with Crippen molar-refractivity contribution in [3.8, 4) is 0 Å². The van der Waals surface area contributed by atoms with Crippen LogP contribution in [0.5, 0.6) is 0 Å². The minimum atomic E-state index is -0.0691. The molecule has 0 heterocycles. The number of hydrogen-bond donors (Lipinski definition) is 0. The van der Waals surface area contributed by atoms with Gasteiger partial charge in [0, 0.05) is 29.6 Å². The van der Waals surface area contributed by atoms with Gasteiger partial charge in [-0.3, -0.25) is 9.59 Å². The largest absolute Gasteiger partial charge is 0.299 e. The molecule has 120 valence electrons. The summed E-state index contributed by atoms with van der Waals surface area (Å²) in [5, 5.41) is 0. The number of halogens is 1. The van der Waals surface area contributed by atoms with Crippen LogP contribution in [0.25, 0.3) is 0 Å². The van der Waals surface area contributed by atoms with Gasteiger partial charge >= 0.3 is 0 Å². The van der Waals surface area contributed by atoms with Gasteiger partial charge < -0.3 is 0 Å². The molecule has 2 nitrogen and oxygen atoms in total. The third kappa shape index (κ3) is 1.79. The maximum atomic E-state index is 12.4. The quantitative estimate of drug-likeness (QED) is 0.675. The molecule has 0 aliphatic heterocycles. The van der Waals surface area contributed by atoms with Crippen molar-refractivity contribution in [2.45, 2.75) is 58.3 Å². The number of hydrogen-bond acceptors (Lipinski definition) is 2. The second-order valence-corrected chi connectivity index (χ2v) is 8.53. The van der Waals surface area contributed by atoms with Crippen molar-refractivity contribution >= 4 is 23.2 Å². The lowest BCUT2D eigenvalue weighted by Gasteiger charge is -2.57. The fraction of sp³-hybridized carbons (Fsp3) is 0.789. The molecule has 3 fully saturated rings. The molecule has 0 aromatic carbocycles. The molecular formula is C19H25ClO2. The van der Waals surface area contributed by atoms with Crippen LogP contribution >= 0.6 is 11.6 Å². The number of alkyl halides is 1. The lowest BCUT2D eigenvalue weighted by Crippen LogP contribution is -2.52.